The highest BCUT2D eigenvalue weighted by Gasteiger charge is 2.44. The van der Waals surface area contributed by atoms with Crippen LogP contribution in [-0.4, -0.2) is 7.28 Å². The number of hydrogen-bond donors (Lipinski definition) is 0. The molecule has 1 saturated carbocycles. The van der Waals surface area contributed by atoms with Crippen molar-refractivity contribution in [3.8, 4) is 0 Å². The van der Waals surface area contributed by atoms with Gasteiger partial charge in [0, 0.05) is 0 Å². The van der Waals surface area contributed by atoms with Gasteiger partial charge >= 0.3 is 0 Å². The molecule has 0 N–H and O–H groups in total. The Balaban J connectivity index is 1.94. The first kappa shape index (κ1) is 14.5. The minimum Gasteiger partial charge on any atom is -0.0694 e. The number of rotatable bonds is 4. The van der Waals surface area contributed by atoms with Crippen LogP contribution in [0.5, 0.6) is 0 Å². The Morgan fingerprint density at radius 1 is 1.17 bits per heavy atom. The predicted molar refractivity (Wildman–Crippen MR) is 82.3 cm³/mol. The van der Waals surface area contributed by atoms with Crippen LogP contribution in [0, 0.1) is 17.8 Å². The Bertz CT molecular complexity index is 252. The lowest BCUT2D eigenvalue weighted by Gasteiger charge is -2.34. The SMILES string of the molecule is CCC(CC1CC2([B]C1C)CCCCC2)C(C)C. The van der Waals surface area contributed by atoms with Crippen LogP contribution in [-0.2, 0) is 0 Å². The van der Waals surface area contributed by atoms with E-state index in [9.17, 15) is 0 Å². The van der Waals surface area contributed by atoms with Gasteiger partial charge < -0.3 is 0 Å². The van der Waals surface area contributed by atoms with Crippen LogP contribution in [0.25, 0.3) is 0 Å². The van der Waals surface area contributed by atoms with Crippen molar-refractivity contribution in [3.63, 3.8) is 0 Å². The van der Waals surface area contributed by atoms with Crippen molar-refractivity contribution in [2.75, 3.05) is 0 Å². The van der Waals surface area contributed by atoms with E-state index in [4.69, 9.17) is 0 Å². The minimum atomic E-state index is 0.664. The molecule has 1 saturated heterocycles. The molecule has 1 heterocycles. The first-order valence-corrected chi connectivity index (χ1v) is 8.42. The highest BCUT2D eigenvalue weighted by Crippen LogP contribution is 2.57. The molecule has 3 unspecified atom stereocenters. The highest BCUT2D eigenvalue weighted by atomic mass is 14.4. The molecule has 2 rings (SSSR count). The largest absolute Gasteiger partial charge is 0.122 e. The molecule has 3 atom stereocenters. The summed E-state index contributed by atoms with van der Waals surface area (Å²) in [6.07, 6.45) is 11.8. The van der Waals surface area contributed by atoms with E-state index in [1.54, 1.807) is 0 Å². The van der Waals surface area contributed by atoms with Gasteiger partial charge in [0.15, 0.2) is 0 Å². The normalized spacial score (nSPS) is 32.7. The van der Waals surface area contributed by atoms with Gasteiger partial charge in [-0.1, -0.05) is 83.8 Å². The first-order valence-electron chi connectivity index (χ1n) is 8.42. The standard InChI is InChI=1S/C17H32B/c1-5-15(13(2)3)11-16-12-17(18-14(16)4)9-7-6-8-10-17/h13-16H,5-12H2,1-4H3. The van der Waals surface area contributed by atoms with Crippen LogP contribution in [0.3, 0.4) is 0 Å². The second-order valence-electron chi connectivity index (χ2n) is 7.56. The smallest absolute Gasteiger partial charge is 0.0694 e. The van der Waals surface area contributed by atoms with Gasteiger partial charge in [-0.15, -0.1) is 0 Å². The minimum absolute atomic E-state index is 0.664. The Labute approximate surface area is 116 Å². The lowest BCUT2D eigenvalue weighted by molar-refractivity contribution is 0.255. The monoisotopic (exact) mass is 247 g/mol. The summed E-state index contributed by atoms with van der Waals surface area (Å²) >= 11 is 0. The highest BCUT2D eigenvalue weighted by molar-refractivity contribution is 6.43. The summed E-state index contributed by atoms with van der Waals surface area (Å²) in [5, 5.41) is 0.664. The Morgan fingerprint density at radius 3 is 2.39 bits per heavy atom. The molecule has 103 valence electrons. The summed E-state index contributed by atoms with van der Waals surface area (Å²) < 4.78 is 0. The molecule has 0 aromatic carbocycles. The van der Waals surface area contributed by atoms with E-state index in [1.165, 1.54) is 51.4 Å². The molecule has 2 fully saturated rings. The van der Waals surface area contributed by atoms with Crippen molar-refractivity contribution in [1.82, 2.24) is 0 Å². The average Bonchev–Trinajstić information content (AvgIpc) is 2.63. The van der Waals surface area contributed by atoms with Gasteiger partial charge in [0.2, 0.25) is 0 Å². The predicted octanol–water partition coefficient (Wildman–Crippen LogP) is 5.71. The summed E-state index contributed by atoms with van der Waals surface area (Å²) in [5.74, 6) is 3.67. The molecule has 2 aliphatic rings. The van der Waals surface area contributed by atoms with Crippen LogP contribution in [0.2, 0.25) is 11.1 Å². The maximum Gasteiger partial charge on any atom is 0.122 e. The van der Waals surface area contributed by atoms with Crippen LogP contribution in [0.1, 0.15) is 79.1 Å². The van der Waals surface area contributed by atoms with Gasteiger partial charge in [-0.25, -0.2) is 0 Å². The van der Waals surface area contributed by atoms with Gasteiger partial charge in [0.05, 0.1) is 0 Å². The third-order valence-electron chi connectivity index (χ3n) is 5.95. The summed E-state index contributed by atoms with van der Waals surface area (Å²) in [6, 6.07) is 0. The molecule has 0 aromatic heterocycles. The van der Waals surface area contributed by atoms with E-state index in [1.807, 2.05) is 0 Å². The average molecular weight is 247 g/mol. The molecule has 0 nitrogen and oxygen atoms in total. The molecule has 1 aliphatic carbocycles. The molecular formula is C17H32B. The zero-order valence-corrected chi connectivity index (χ0v) is 13.0. The summed E-state index contributed by atoms with van der Waals surface area (Å²) in [5.41, 5.74) is 0. The zero-order valence-electron chi connectivity index (χ0n) is 13.0. The van der Waals surface area contributed by atoms with Crippen molar-refractivity contribution < 1.29 is 0 Å². The first-order chi connectivity index (χ1) is 8.56. The Hall–Kier alpha value is 0.0649. The van der Waals surface area contributed by atoms with Crippen molar-refractivity contribution in [1.29, 1.82) is 0 Å². The maximum absolute atomic E-state index is 2.77. The van der Waals surface area contributed by atoms with E-state index >= 15 is 0 Å². The fourth-order valence-electron chi connectivity index (χ4n) is 4.69. The molecular weight excluding hydrogens is 215 g/mol. The topological polar surface area (TPSA) is 0 Å². The second kappa shape index (κ2) is 6.01. The molecule has 1 heteroatoms. The van der Waals surface area contributed by atoms with Crippen molar-refractivity contribution in [2.45, 2.75) is 90.2 Å². The van der Waals surface area contributed by atoms with E-state index < -0.39 is 0 Å². The molecule has 0 bridgehead atoms. The van der Waals surface area contributed by atoms with Crippen molar-refractivity contribution >= 4 is 7.28 Å². The summed E-state index contributed by atoms with van der Waals surface area (Å²) in [7, 11) is 2.77. The van der Waals surface area contributed by atoms with Gasteiger partial charge in [0.25, 0.3) is 0 Å². The third kappa shape index (κ3) is 3.14. The summed E-state index contributed by atoms with van der Waals surface area (Å²) in [4.78, 5) is 0. The van der Waals surface area contributed by atoms with E-state index in [2.05, 4.69) is 35.0 Å². The molecule has 18 heavy (non-hydrogen) atoms. The fourth-order valence-corrected chi connectivity index (χ4v) is 4.69. The molecule has 0 amide bonds. The number of hydrogen-bond acceptors (Lipinski definition) is 0. The maximum atomic E-state index is 2.77. The van der Waals surface area contributed by atoms with Crippen LogP contribution >= 0.6 is 0 Å². The third-order valence-corrected chi connectivity index (χ3v) is 5.95. The molecule has 1 radical (unpaired) electrons. The van der Waals surface area contributed by atoms with Crippen molar-refractivity contribution in [3.05, 3.63) is 0 Å². The Kier molecular flexibility index (Phi) is 4.83. The lowest BCUT2D eigenvalue weighted by atomic mass is 9.46. The van der Waals surface area contributed by atoms with Gasteiger partial charge in [0.1, 0.15) is 7.28 Å². The fraction of sp³-hybridized carbons (Fsp3) is 1.00. The van der Waals surface area contributed by atoms with Gasteiger partial charge in [-0.2, -0.15) is 0 Å². The van der Waals surface area contributed by atoms with Crippen LogP contribution in [0.15, 0.2) is 0 Å². The molecule has 1 aliphatic heterocycles. The van der Waals surface area contributed by atoms with Crippen LogP contribution < -0.4 is 0 Å². The van der Waals surface area contributed by atoms with Gasteiger partial charge in [-0.05, 0) is 24.2 Å². The zero-order chi connectivity index (χ0) is 13.2. The quantitative estimate of drug-likeness (QED) is 0.558. The second-order valence-corrected chi connectivity index (χ2v) is 7.56. The molecule has 0 aromatic rings. The van der Waals surface area contributed by atoms with Gasteiger partial charge in [-0.3, -0.25) is 0 Å². The van der Waals surface area contributed by atoms with E-state index in [-0.39, 0.29) is 0 Å². The van der Waals surface area contributed by atoms with Crippen molar-refractivity contribution in [2.24, 2.45) is 17.8 Å². The Morgan fingerprint density at radius 2 is 1.83 bits per heavy atom. The van der Waals surface area contributed by atoms with E-state index in [0.717, 1.165) is 23.6 Å². The molecule has 1 spiro atoms. The lowest BCUT2D eigenvalue weighted by Crippen LogP contribution is -2.19. The summed E-state index contributed by atoms with van der Waals surface area (Å²) in [6.45, 7) is 9.69. The van der Waals surface area contributed by atoms with E-state index in [0.29, 0.717) is 5.31 Å². The van der Waals surface area contributed by atoms with Crippen LogP contribution in [0.4, 0.5) is 0 Å².